The van der Waals surface area contributed by atoms with Crippen LogP contribution in [0.4, 0.5) is 5.13 Å². The van der Waals surface area contributed by atoms with Crippen molar-refractivity contribution in [2.24, 2.45) is 0 Å². The molecule has 2 heterocycles. The molecule has 0 unspecified atom stereocenters. The quantitative estimate of drug-likeness (QED) is 0.722. The zero-order chi connectivity index (χ0) is 14.5. The summed E-state index contributed by atoms with van der Waals surface area (Å²) in [5.41, 5.74) is 2.01. The number of halogens is 1. The number of hydrogen-bond donors (Lipinski definition) is 0. The molecule has 0 bridgehead atoms. The monoisotopic (exact) mass is 374 g/mol. The summed E-state index contributed by atoms with van der Waals surface area (Å²) in [5.74, 6) is -0.228. The Bertz CT molecular complexity index is 582. The van der Waals surface area contributed by atoms with Crippen molar-refractivity contribution in [3.8, 4) is 0 Å². The predicted octanol–water partition coefficient (Wildman–Crippen LogP) is 3.71. The molecule has 0 fully saturated rings. The second-order valence-electron chi connectivity index (χ2n) is 4.22. The molecule has 2 aromatic heterocycles. The summed E-state index contributed by atoms with van der Waals surface area (Å²) in [6.45, 7) is 3.01. The van der Waals surface area contributed by atoms with Gasteiger partial charge in [-0.05, 0) is 39.9 Å². The van der Waals surface area contributed by atoms with Crippen LogP contribution in [-0.4, -0.2) is 24.6 Å². The zero-order valence-electron chi connectivity index (χ0n) is 11.3. The highest BCUT2D eigenvalue weighted by Crippen LogP contribution is 2.25. The van der Waals surface area contributed by atoms with Gasteiger partial charge in [0, 0.05) is 19.0 Å². The van der Waals surface area contributed by atoms with Gasteiger partial charge in [-0.15, -0.1) is 22.7 Å². The van der Waals surface area contributed by atoms with Crippen LogP contribution in [0.15, 0.2) is 20.6 Å². The molecule has 2 aromatic rings. The van der Waals surface area contributed by atoms with Crippen molar-refractivity contribution in [3.05, 3.63) is 31.9 Å². The number of hydrogen-bond acceptors (Lipinski definition) is 6. The van der Waals surface area contributed by atoms with Gasteiger partial charge in [0.1, 0.15) is 0 Å². The largest absolute Gasteiger partial charge is 0.466 e. The number of rotatable bonds is 6. The second kappa shape index (κ2) is 7.19. The third kappa shape index (κ3) is 4.29. The van der Waals surface area contributed by atoms with Crippen LogP contribution in [0.25, 0.3) is 0 Å². The Balaban J connectivity index is 1.95. The first-order chi connectivity index (χ1) is 9.58. The number of thiophene rings is 1. The Morgan fingerprint density at radius 2 is 2.25 bits per heavy atom. The van der Waals surface area contributed by atoms with E-state index in [0.29, 0.717) is 6.61 Å². The fourth-order valence-electron chi connectivity index (χ4n) is 1.68. The summed E-state index contributed by atoms with van der Waals surface area (Å²) in [5, 5.41) is 4.94. The number of carbonyl (C=O) groups excluding carboxylic acids is 1. The van der Waals surface area contributed by atoms with Crippen molar-refractivity contribution in [1.82, 2.24) is 4.98 Å². The molecule has 0 amide bonds. The normalized spacial score (nSPS) is 10.6. The van der Waals surface area contributed by atoms with E-state index in [0.717, 1.165) is 21.2 Å². The molecule has 0 radical (unpaired) electrons. The van der Waals surface area contributed by atoms with Crippen molar-refractivity contribution in [1.29, 1.82) is 0 Å². The van der Waals surface area contributed by atoms with E-state index < -0.39 is 0 Å². The zero-order valence-corrected chi connectivity index (χ0v) is 14.5. The fraction of sp³-hybridized carbons (Fsp3) is 0.385. The number of anilines is 1. The molecule has 0 aliphatic carbocycles. The summed E-state index contributed by atoms with van der Waals surface area (Å²) in [6, 6.07) is 2.11. The van der Waals surface area contributed by atoms with Crippen LogP contribution in [0.5, 0.6) is 0 Å². The number of ether oxygens (including phenoxy) is 1. The molecule has 0 N–H and O–H groups in total. The maximum Gasteiger partial charge on any atom is 0.311 e. The first-order valence-electron chi connectivity index (χ1n) is 6.12. The molecule has 0 aliphatic heterocycles. The van der Waals surface area contributed by atoms with Gasteiger partial charge in [0.2, 0.25) is 0 Å². The topological polar surface area (TPSA) is 42.4 Å². The third-order valence-corrected chi connectivity index (χ3v) is 5.10. The SMILES string of the molecule is CCOC(=O)Cc1csc(N(C)Cc2csc(Br)c2)n1. The van der Waals surface area contributed by atoms with E-state index in [2.05, 4.69) is 37.3 Å². The minimum Gasteiger partial charge on any atom is -0.466 e. The number of carbonyl (C=O) groups is 1. The molecule has 0 saturated heterocycles. The molecule has 7 heteroatoms. The highest BCUT2D eigenvalue weighted by molar-refractivity contribution is 9.11. The van der Waals surface area contributed by atoms with Gasteiger partial charge in [-0.25, -0.2) is 4.98 Å². The van der Waals surface area contributed by atoms with E-state index in [1.807, 2.05) is 12.4 Å². The van der Waals surface area contributed by atoms with Crippen molar-refractivity contribution in [3.63, 3.8) is 0 Å². The molecule has 20 heavy (non-hydrogen) atoms. The third-order valence-electron chi connectivity index (χ3n) is 2.54. The highest BCUT2D eigenvalue weighted by Gasteiger charge is 2.11. The number of nitrogens with zero attached hydrogens (tertiary/aromatic N) is 2. The molecule has 0 spiro atoms. The van der Waals surface area contributed by atoms with Crippen LogP contribution < -0.4 is 4.90 Å². The number of aromatic nitrogens is 1. The van der Waals surface area contributed by atoms with Crippen molar-refractivity contribution < 1.29 is 9.53 Å². The maximum absolute atomic E-state index is 11.4. The van der Waals surface area contributed by atoms with Crippen molar-refractivity contribution in [2.45, 2.75) is 19.9 Å². The van der Waals surface area contributed by atoms with E-state index in [9.17, 15) is 4.79 Å². The Morgan fingerprint density at radius 3 is 2.90 bits per heavy atom. The van der Waals surface area contributed by atoms with E-state index in [1.165, 1.54) is 5.56 Å². The smallest absolute Gasteiger partial charge is 0.311 e. The van der Waals surface area contributed by atoms with Crippen LogP contribution in [0, 0.1) is 0 Å². The average Bonchev–Trinajstić information content (AvgIpc) is 2.99. The van der Waals surface area contributed by atoms with Crippen molar-refractivity contribution in [2.75, 3.05) is 18.6 Å². The number of esters is 1. The minimum atomic E-state index is -0.228. The van der Waals surface area contributed by atoms with E-state index in [1.54, 1.807) is 29.6 Å². The lowest BCUT2D eigenvalue weighted by Crippen LogP contribution is -2.16. The molecule has 2 rings (SSSR count). The van der Waals surface area contributed by atoms with Gasteiger partial charge in [0.05, 0.1) is 22.5 Å². The molecule has 0 aromatic carbocycles. The summed E-state index contributed by atoms with van der Waals surface area (Å²) in [6.07, 6.45) is 0.238. The summed E-state index contributed by atoms with van der Waals surface area (Å²) in [4.78, 5) is 18.0. The Labute approximate surface area is 134 Å². The Hall–Kier alpha value is -0.920. The molecule has 0 saturated carbocycles. The lowest BCUT2D eigenvalue weighted by atomic mass is 10.3. The summed E-state index contributed by atoms with van der Waals surface area (Å²) < 4.78 is 6.05. The van der Waals surface area contributed by atoms with Gasteiger partial charge in [-0.1, -0.05) is 0 Å². The first-order valence-corrected chi connectivity index (χ1v) is 8.67. The molecule has 108 valence electrons. The van der Waals surface area contributed by atoms with E-state index in [-0.39, 0.29) is 12.4 Å². The molecular formula is C13H15BrN2O2S2. The van der Waals surface area contributed by atoms with Gasteiger partial charge in [0.15, 0.2) is 5.13 Å². The fourth-order valence-corrected chi connectivity index (χ4v) is 3.68. The summed E-state index contributed by atoms with van der Waals surface area (Å²) >= 11 is 6.67. The van der Waals surface area contributed by atoms with Crippen LogP contribution in [0.3, 0.4) is 0 Å². The van der Waals surface area contributed by atoms with Crippen LogP contribution in [0.2, 0.25) is 0 Å². The van der Waals surface area contributed by atoms with Gasteiger partial charge in [-0.2, -0.15) is 0 Å². The standard InChI is InChI=1S/C13H15BrN2O2S2/c1-3-18-12(17)5-10-8-20-13(15-10)16(2)6-9-4-11(14)19-7-9/h4,7-8H,3,5-6H2,1-2H3. The average molecular weight is 375 g/mol. The van der Waals surface area contributed by atoms with Crippen LogP contribution in [0.1, 0.15) is 18.2 Å². The van der Waals surface area contributed by atoms with Gasteiger partial charge < -0.3 is 9.64 Å². The highest BCUT2D eigenvalue weighted by atomic mass is 79.9. The van der Waals surface area contributed by atoms with E-state index in [4.69, 9.17) is 4.74 Å². The molecule has 0 aliphatic rings. The van der Waals surface area contributed by atoms with Crippen LogP contribution >= 0.6 is 38.6 Å². The lowest BCUT2D eigenvalue weighted by Gasteiger charge is -2.14. The van der Waals surface area contributed by atoms with Gasteiger partial charge in [-0.3, -0.25) is 4.79 Å². The van der Waals surface area contributed by atoms with E-state index >= 15 is 0 Å². The van der Waals surface area contributed by atoms with Crippen LogP contribution in [-0.2, 0) is 22.5 Å². The Morgan fingerprint density at radius 1 is 1.45 bits per heavy atom. The van der Waals surface area contributed by atoms with Gasteiger partial charge >= 0.3 is 5.97 Å². The summed E-state index contributed by atoms with van der Waals surface area (Å²) in [7, 11) is 2.00. The first kappa shape index (κ1) is 15.5. The molecular weight excluding hydrogens is 360 g/mol. The predicted molar refractivity (Wildman–Crippen MR) is 86.6 cm³/mol. The second-order valence-corrected chi connectivity index (χ2v) is 7.35. The lowest BCUT2D eigenvalue weighted by molar-refractivity contribution is -0.142. The van der Waals surface area contributed by atoms with Crippen molar-refractivity contribution >= 4 is 49.7 Å². The maximum atomic E-state index is 11.4. The number of thiazole rings is 1. The Kier molecular flexibility index (Phi) is 5.56. The minimum absolute atomic E-state index is 0.228. The molecule has 0 atom stereocenters. The molecule has 4 nitrogen and oxygen atoms in total. The van der Waals surface area contributed by atoms with Gasteiger partial charge in [0.25, 0.3) is 0 Å².